The predicted molar refractivity (Wildman–Crippen MR) is 65.7 cm³/mol. The van der Waals surface area contributed by atoms with Gasteiger partial charge >= 0.3 is 5.97 Å². The van der Waals surface area contributed by atoms with Crippen molar-refractivity contribution in [3.63, 3.8) is 0 Å². The number of benzene rings is 1. The maximum atomic E-state index is 11.5. The van der Waals surface area contributed by atoms with Crippen molar-refractivity contribution in [2.75, 3.05) is 0 Å². The molecular weight excluding hydrogens is 220 g/mol. The Morgan fingerprint density at radius 2 is 2.12 bits per heavy atom. The van der Waals surface area contributed by atoms with Crippen LogP contribution in [0.25, 0.3) is 0 Å². The first-order valence-electron chi connectivity index (χ1n) is 5.62. The number of carboxylic acids is 1. The summed E-state index contributed by atoms with van der Waals surface area (Å²) in [7, 11) is 0. The number of aliphatic carboxylic acids is 1. The second-order valence-corrected chi connectivity index (χ2v) is 5.81. The van der Waals surface area contributed by atoms with E-state index in [0.29, 0.717) is 0 Å². The lowest BCUT2D eigenvalue weighted by atomic mass is 9.97. The largest absolute Gasteiger partial charge is 0.480 e. The number of carbonyl (C=O) groups is 1. The minimum atomic E-state index is -0.661. The average Bonchev–Trinajstić information content (AvgIpc) is 2.63. The van der Waals surface area contributed by atoms with E-state index in [4.69, 9.17) is 0 Å². The van der Waals surface area contributed by atoms with Gasteiger partial charge in [0.05, 0.1) is 0 Å². The highest BCUT2D eigenvalue weighted by Crippen LogP contribution is 2.48. The molecule has 1 aromatic carbocycles. The van der Waals surface area contributed by atoms with Gasteiger partial charge in [-0.15, -0.1) is 11.8 Å². The van der Waals surface area contributed by atoms with Crippen LogP contribution in [0.15, 0.2) is 35.2 Å². The minimum absolute atomic E-state index is 0.246. The van der Waals surface area contributed by atoms with Crippen LogP contribution in [0.2, 0.25) is 0 Å². The van der Waals surface area contributed by atoms with E-state index in [-0.39, 0.29) is 5.92 Å². The molecule has 0 spiro atoms. The fourth-order valence-electron chi connectivity index (χ4n) is 2.36. The molecule has 0 amide bonds. The fraction of sp³-hybridized carbons (Fsp3) is 0.462. The Labute approximate surface area is 100 Å². The standard InChI is InChI=1S/C13H16O2S/c1-10-6-5-9-13(10,12(14)15)16-11-7-3-2-4-8-11/h2-4,7-8,10H,5-6,9H2,1H3,(H,14,15). The molecule has 0 saturated heterocycles. The van der Waals surface area contributed by atoms with Crippen LogP contribution in [0.4, 0.5) is 0 Å². The average molecular weight is 236 g/mol. The molecule has 2 unspecified atom stereocenters. The highest BCUT2D eigenvalue weighted by Gasteiger charge is 2.47. The Morgan fingerprint density at radius 1 is 1.44 bits per heavy atom. The second kappa shape index (κ2) is 4.50. The summed E-state index contributed by atoms with van der Waals surface area (Å²) in [4.78, 5) is 12.6. The van der Waals surface area contributed by atoms with Crippen molar-refractivity contribution in [3.8, 4) is 0 Å². The van der Waals surface area contributed by atoms with Crippen LogP contribution in [0, 0.1) is 5.92 Å². The second-order valence-electron chi connectivity index (χ2n) is 4.40. The van der Waals surface area contributed by atoms with Gasteiger partial charge in [0.25, 0.3) is 0 Å². The number of hydrogen-bond donors (Lipinski definition) is 1. The fourth-order valence-corrected chi connectivity index (χ4v) is 3.73. The molecule has 1 aliphatic carbocycles. The summed E-state index contributed by atoms with van der Waals surface area (Å²) in [6.07, 6.45) is 2.82. The van der Waals surface area contributed by atoms with Gasteiger partial charge in [-0.1, -0.05) is 31.5 Å². The molecule has 2 rings (SSSR count). The van der Waals surface area contributed by atoms with Crippen LogP contribution in [-0.4, -0.2) is 15.8 Å². The monoisotopic (exact) mass is 236 g/mol. The first-order valence-corrected chi connectivity index (χ1v) is 6.44. The Bertz CT molecular complexity index is 377. The van der Waals surface area contributed by atoms with Crippen LogP contribution in [0.3, 0.4) is 0 Å². The third kappa shape index (κ3) is 1.96. The van der Waals surface area contributed by atoms with Crippen molar-refractivity contribution in [1.82, 2.24) is 0 Å². The lowest BCUT2D eigenvalue weighted by Gasteiger charge is -2.28. The smallest absolute Gasteiger partial charge is 0.320 e. The van der Waals surface area contributed by atoms with Crippen molar-refractivity contribution >= 4 is 17.7 Å². The van der Waals surface area contributed by atoms with E-state index >= 15 is 0 Å². The van der Waals surface area contributed by atoms with Crippen LogP contribution < -0.4 is 0 Å². The van der Waals surface area contributed by atoms with E-state index in [9.17, 15) is 9.90 Å². The van der Waals surface area contributed by atoms with Gasteiger partial charge in [-0.25, -0.2) is 0 Å². The Balaban J connectivity index is 2.25. The maximum absolute atomic E-state index is 11.5. The van der Waals surface area contributed by atoms with E-state index in [1.807, 2.05) is 30.3 Å². The van der Waals surface area contributed by atoms with Gasteiger partial charge in [-0.3, -0.25) is 4.79 Å². The summed E-state index contributed by atoms with van der Waals surface area (Å²) in [5.41, 5.74) is 0. The van der Waals surface area contributed by atoms with E-state index < -0.39 is 10.7 Å². The molecular formula is C13H16O2S. The Kier molecular flexibility index (Phi) is 3.24. The number of rotatable bonds is 3. The molecule has 3 heteroatoms. The normalized spacial score (nSPS) is 29.2. The molecule has 2 nitrogen and oxygen atoms in total. The lowest BCUT2D eigenvalue weighted by Crippen LogP contribution is -2.37. The molecule has 0 aliphatic heterocycles. The van der Waals surface area contributed by atoms with Crippen LogP contribution in [-0.2, 0) is 4.79 Å². The molecule has 1 aromatic rings. The van der Waals surface area contributed by atoms with Crippen molar-refractivity contribution in [2.45, 2.75) is 35.8 Å². The quantitative estimate of drug-likeness (QED) is 0.873. The van der Waals surface area contributed by atoms with Gasteiger partial charge in [0.2, 0.25) is 0 Å². The van der Waals surface area contributed by atoms with Crippen molar-refractivity contribution in [1.29, 1.82) is 0 Å². The zero-order valence-electron chi connectivity index (χ0n) is 9.35. The van der Waals surface area contributed by atoms with Gasteiger partial charge in [-0.2, -0.15) is 0 Å². The zero-order chi connectivity index (χ0) is 11.6. The van der Waals surface area contributed by atoms with Crippen LogP contribution in [0.1, 0.15) is 26.2 Å². The molecule has 16 heavy (non-hydrogen) atoms. The topological polar surface area (TPSA) is 37.3 Å². The maximum Gasteiger partial charge on any atom is 0.320 e. The molecule has 86 valence electrons. The van der Waals surface area contributed by atoms with Gasteiger partial charge in [0.15, 0.2) is 0 Å². The van der Waals surface area contributed by atoms with Crippen molar-refractivity contribution in [2.24, 2.45) is 5.92 Å². The van der Waals surface area contributed by atoms with E-state index in [1.54, 1.807) is 0 Å². The number of thioether (sulfide) groups is 1. The summed E-state index contributed by atoms with van der Waals surface area (Å²) in [5, 5.41) is 9.47. The van der Waals surface area contributed by atoms with E-state index in [0.717, 1.165) is 24.2 Å². The first kappa shape index (κ1) is 11.5. The Morgan fingerprint density at radius 3 is 2.62 bits per heavy atom. The van der Waals surface area contributed by atoms with Crippen molar-refractivity contribution < 1.29 is 9.90 Å². The Hall–Kier alpha value is -0.960. The third-order valence-corrected chi connectivity index (χ3v) is 5.04. The molecule has 0 radical (unpaired) electrons. The highest BCUT2D eigenvalue weighted by molar-refractivity contribution is 8.01. The summed E-state index contributed by atoms with van der Waals surface area (Å²) in [6.45, 7) is 2.05. The molecule has 1 fully saturated rings. The van der Waals surface area contributed by atoms with Gasteiger partial charge in [-0.05, 0) is 30.9 Å². The number of carboxylic acid groups (broad SMARTS) is 1. The van der Waals surface area contributed by atoms with Crippen LogP contribution in [0.5, 0.6) is 0 Å². The van der Waals surface area contributed by atoms with Crippen LogP contribution >= 0.6 is 11.8 Å². The molecule has 0 bridgehead atoms. The highest BCUT2D eigenvalue weighted by atomic mass is 32.2. The van der Waals surface area contributed by atoms with Gasteiger partial charge in [0.1, 0.15) is 4.75 Å². The molecule has 0 heterocycles. The molecule has 2 atom stereocenters. The summed E-state index contributed by atoms with van der Waals surface area (Å²) < 4.78 is -0.610. The zero-order valence-corrected chi connectivity index (χ0v) is 10.2. The molecule has 1 aliphatic rings. The molecule has 1 N–H and O–H groups in total. The third-order valence-electron chi connectivity index (χ3n) is 3.39. The molecule has 1 saturated carbocycles. The SMILES string of the molecule is CC1CCCC1(Sc1ccccc1)C(=O)O. The summed E-state index contributed by atoms with van der Waals surface area (Å²) in [6, 6.07) is 9.84. The van der Waals surface area contributed by atoms with Gasteiger partial charge < -0.3 is 5.11 Å². The summed E-state index contributed by atoms with van der Waals surface area (Å²) in [5.74, 6) is -0.415. The first-order chi connectivity index (χ1) is 7.65. The van der Waals surface area contributed by atoms with Crippen molar-refractivity contribution in [3.05, 3.63) is 30.3 Å². The number of hydrogen-bond acceptors (Lipinski definition) is 2. The van der Waals surface area contributed by atoms with Gasteiger partial charge in [0, 0.05) is 4.90 Å². The molecule has 0 aromatic heterocycles. The van der Waals surface area contributed by atoms with E-state index in [1.165, 1.54) is 11.8 Å². The predicted octanol–water partition coefficient (Wildman–Crippen LogP) is 3.42. The van der Waals surface area contributed by atoms with E-state index in [2.05, 4.69) is 6.92 Å². The summed E-state index contributed by atoms with van der Waals surface area (Å²) >= 11 is 1.52. The lowest BCUT2D eigenvalue weighted by molar-refractivity contribution is -0.140. The minimum Gasteiger partial charge on any atom is -0.480 e.